The van der Waals surface area contributed by atoms with Crippen molar-refractivity contribution in [3.8, 4) is 39.3 Å². The van der Waals surface area contributed by atoms with Crippen LogP contribution in [0.1, 0.15) is 0 Å². The van der Waals surface area contributed by atoms with Gasteiger partial charge in [0.25, 0.3) is 0 Å². The van der Waals surface area contributed by atoms with Gasteiger partial charge in [0.15, 0.2) is 0 Å². The van der Waals surface area contributed by atoms with Crippen LogP contribution in [0.5, 0.6) is 5.88 Å². The molecule has 0 atom stereocenters. The SMILES string of the molecule is COc1ncc(-c2ccc(Br)cc2)cc1-c1ccc(N(C)C)cc1-c1cc(F)ccc1F. The van der Waals surface area contributed by atoms with Crippen LogP contribution in [0.4, 0.5) is 14.5 Å². The number of benzene rings is 3. The molecule has 0 bridgehead atoms. The Morgan fingerprint density at radius 3 is 2.22 bits per heavy atom. The van der Waals surface area contributed by atoms with Crippen LogP contribution in [0, 0.1) is 11.6 Å². The molecule has 0 saturated carbocycles. The minimum atomic E-state index is -0.503. The Labute approximate surface area is 194 Å². The zero-order chi connectivity index (χ0) is 22.8. The van der Waals surface area contributed by atoms with Gasteiger partial charge in [-0.2, -0.15) is 0 Å². The first kappa shape index (κ1) is 22.0. The summed E-state index contributed by atoms with van der Waals surface area (Å²) in [6, 6.07) is 19.0. The van der Waals surface area contributed by atoms with Crippen LogP contribution in [-0.2, 0) is 0 Å². The largest absolute Gasteiger partial charge is 0.481 e. The summed E-state index contributed by atoms with van der Waals surface area (Å²) in [6.07, 6.45) is 1.74. The van der Waals surface area contributed by atoms with Crippen molar-refractivity contribution in [1.29, 1.82) is 0 Å². The van der Waals surface area contributed by atoms with Gasteiger partial charge in [-0.05, 0) is 65.2 Å². The first-order valence-corrected chi connectivity index (χ1v) is 10.7. The third-order valence-corrected chi connectivity index (χ3v) is 5.78. The Morgan fingerprint density at radius 2 is 1.53 bits per heavy atom. The standard InChI is InChI=1S/C26H21BrF2N2O/c1-31(2)20-9-10-21(22(14-20)23-13-19(28)8-11-25(23)29)24-12-17(15-30-26(24)32-3)16-4-6-18(27)7-5-16/h4-15H,1-3H3. The maximum Gasteiger partial charge on any atom is 0.221 e. The zero-order valence-corrected chi connectivity index (χ0v) is 19.5. The molecule has 0 spiro atoms. The van der Waals surface area contributed by atoms with Gasteiger partial charge in [0.1, 0.15) is 11.6 Å². The Hall–Kier alpha value is -3.25. The van der Waals surface area contributed by atoms with E-state index < -0.39 is 11.6 Å². The number of anilines is 1. The lowest BCUT2D eigenvalue weighted by Crippen LogP contribution is -2.09. The minimum absolute atomic E-state index is 0.180. The summed E-state index contributed by atoms with van der Waals surface area (Å²) in [5.41, 5.74) is 4.86. The van der Waals surface area contributed by atoms with Crippen LogP contribution < -0.4 is 9.64 Å². The Bertz CT molecular complexity index is 1270. The van der Waals surface area contributed by atoms with Gasteiger partial charge in [-0.3, -0.25) is 0 Å². The molecule has 32 heavy (non-hydrogen) atoms. The van der Waals surface area contributed by atoms with Gasteiger partial charge in [-0.25, -0.2) is 13.8 Å². The van der Waals surface area contributed by atoms with Crippen LogP contribution in [0.25, 0.3) is 33.4 Å². The lowest BCUT2D eigenvalue weighted by atomic mass is 9.92. The van der Waals surface area contributed by atoms with E-state index in [9.17, 15) is 8.78 Å². The van der Waals surface area contributed by atoms with E-state index in [4.69, 9.17) is 4.74 Å². The molecule has 0 amide bonds. The predicted molar refractivity (Wildman–Crippen MR) is 129 cm³/mol. The molecule has 3 nitrogen and oxygen atoms in total. The number of pyridine rings is 1. The lowest BCUT2D eigenvalue weighted by Gasteiger charge is -2.19. The molecule has 3 aromatic carbocycles. The summed E-state index contributed by atoms with van der Waals surface area (Å²) in [4.78, 5) is 6.41. The Balaban J connectivity index is 1.97. The highest BCUT2D eigenvalue weighted by molar-refractivity contribution is 9.10. The smallest absolute Gasteiger partial charge is 0.221 e. The number of hydrogen-bond donors (Lipinski definition) is 0. The average molecular weight is 495 g/mol. The molecular weight excluding hydrogens is 474 g/mol. The van der Waals surface area contributed by atoms with E-state index in [2.05, 4.69) is 20.9 Å². The Kier molecular flexibility index (Phi) is 6.24. The summed E-state index contributed by atoms with van der Waals surface area (Å²) in [6.45, 7) is 0. The van der Waals surface area contributed by atoms with E-state index in [0.29, 0.717) is 22.6 Å². The fourth-order valence-corrected chi connectivity index (χ4v) is 3.84. The van der Waals surface area contributed by atoms with Crippen molar-refractivity contribution in [1.82, 2.24) is 4.98 Å². The van der Waals surface area contributed by atoms with Gasteiger partial charge < -0.3 is 9.64 Å². The average Bonchev–Trinajstić information content (AvgIpc) is 2.80. The molecule has 0 unspecified atom stereocenters. The molecule has 0 radical (unpaired) electrons. The molecule has 0 N–H and O–H groups in total. The van der Waals surface area contributed by atoms with Gasteiger partial charge in [0, 0.05) is 47.1 Å². The third kappa shape index (κ3) is 4.36. The predicted octanol–water partition coefficient (Wildman–Crippen LogP) is 7.20. The summed E-state index contributed by atoms with van der Waals surface area (Å²) in [5, 5.41) is 0. The second-order valence-electron chi connectivity index (χ2n) is 7.54. The second-order valence-corrected chi connectivity index (χ2v) is 8.45. The number of nitrogens with zero attached hydrogens (tertiary/aromatic N) is 2. The zero-order valence-electron chi connectivity index (χ0n) is 17.9. The van der Waals surface area contributed by atoms with Crippen LogP contribution >= 0.6 is 15.9 Å². The van der Waals surface area contributed by atoms with Crippen molar-refractivity contribution in [2.45, 2.75) is 0 Å². The quantitative estimate of drug-likeness (QED) is 0.293. The van der Waals surface area contributed by atoms with Crippen molar-refractivity contribution < 1.29 is 13.5 Å². The normalized spacial score (nSPS) is 10.8. The fourth-order valence-electron chi connectivity index (χ4n) is 3.58. The van der Waals surface area contributed by atoms with Crippen LogP contribution in [0.2, 0.25) is 0 Å². The van der Waals surface area contributed by atoms with E-state index in [1.165, 1.54) is 6.07 Å². The number of rotatable bonds is 5. The molecular formula is C26H21BrF2N2O. The van der Waals surface area contributed by atoms with Crippen molar-refractivity contribution in [3.63, 3.8) is 0 Å². The number of methoxy groups -OCH3 is 1. The number of ether oxygens (including phenoxy) is 1. The van der Waals surface area contributed by atoms with Gasteiger partial charge in [-0.15, -0.1) is 0 Å². The monoisotopic (exact) mass is 494 g/mol. The molecule has 0 aliphatic carbocycles. The molecule has 0 saturated heterocycles. The summed E-state index contributed by atoms with van der Waals surface area (Å²) in [7, 11) is 5.34. The van der Waals surface area contributed by atoms with Crippen LogP contribution in [0.3, 0.4) is 0 Å². The van der Waals surface area contributed by atoms with Crippen molar-refractivity contribution in [2.24, 2.45) is 0 Å². The van der Waals surface area contributed by atoms with Gasteiger partial charge in [-0.1, -0.05) is 34.1 Å². The number of aromatic nitrogens is 1. The van der Waals surface area contributed by atoms with E-state index in [-0.39, 0.29) is 5.56 Å². The molecule has 0 aliphatic rings. The summed E-state index contributed by atoms with van der Waals surface area (Å²) in [5.74, 6) is -0.600. The first-order valence-electron chi connectivity index (χ1n) is 9.94. The van der Waals surface area contributed by atoms with E-state index in [1.807, 2.05) is 67.5 Å². The highest BCUT2D eigenvalue weighted by atomic mass is 79.9. The van der Waals surface area contributed by atoms with Gasteiger partial charge >= 0.3 is 0 Å². The van der Waals surface area contributed by atoms with E-state index in [1.54, 1.807) is 13.3 Å². The van der Waals surface area contributed by atoms with Crippen LogP contribution in [-0.4, -0.2) is 26.2 Å². The maximum atomic E-state index is 14.8. The Morgan fingerprint density at radius 1 is 0.781 bits per heavy atom. The van der Waals surface area contributed by atoms with E-state index in [0.717, 1.165) is 33.4 Å². The third-order valence-electron chi connectivity index (χ3n) is 5.25. The highest BCUT2D eigenvalue weighted by Gasteiger charge is 2.18. The molecule has 162 valence electrons. The molecule has 0 aliphatic heterocycles. The maximum absolute atomic E-state index is 14.8. The first-order chi connectivity index (χ1) is 15.4. The molecule has 0 fully saturated rings. The van der Waals surface area contributed by atoms with Crippen molar-refractivity contribution in [2.75, 3.05) is 26.1 Å². The lowest BCUT2D eigenvalue weighted by molar-refractivity contribution is 0.400. The molecule has 1 aromatic heterocycles. The molecule has 6 heteroatoms. The topological polar surface area (TPSA) is 25.4 Å². The van der Waals surface area contributed by atoms with Crippen molar-refractivity contribution >= 4 is 21.6 Å². The number of halogens is 3. The minimum Gasteiger partial charge on any atom is -0.481 e. The second kappa shape index (κ2) is 9.09. The van der Waals surface area contributed by atoms with Crippen molar-refractivity contribution in [3.05, 3.63) is 89.0 Å². The summed E-state index contributed by atoms with van der Waals surface area (Å²) < 4.78 is 35.4. The molecule has 4 aromatic rings. The van der Waals surface area contributed by atoms with Gasteiger partial charge in [0.2, 0.25) is 5.88 Å². The fraction of sp³-hybridized carbons (Fsp3) is 0.115. The van der Waals surface area contributed by atoms with Crippen LogP contribution in [0.15, 0.2) is 77.4 Å². The summed E-state index contributed by atoms with van der Waals surface area (Å²) >= 11 is 3.45. The van der Waals surface area contributed by atoms with E-state index >= 15 is 0 Å². The van der Waals surface area contributed by atoms with Gasteiger partial charge in [0.05, 0.1) is 7.11 Å². The molecule has 4 rings (SSSR count). The highest BCUT2D eigenvalue weighted by Crippen LogP contribution is 2.41. The number of hydrogen-bond acceptors (Lipinski definition) is 3. The molecule has 1 heterocycles.